The Morgan fingerprint density at radius 2 is 2.00 bits per heavy atom. The van der Waals surface area contributed by atoms with Gasteiger partial charge in [-0.15, -0.1) is 0 Å². The highest BCUT2D eigenvalue weighted by Crippen LogP contribution is 2.21. The van der Waals surface area contributed by atoms with Crippen LogP contribution in [-0.2, 0) is 4.79 Å². The van der Waals surface area contributed by atoms with Crippen LogP contribution in [0.3, 0.4) is 0 Å². The van der Waals surface area contributed by atoms with Gasteiger partial charge in [0.25, 0.3) is 0 Å². The Morgan fingerprint density at radius 3 is 2.50 bits per heavy atom. The van der Waals surface area contributed by atoms with Crippen LogP contribution in [0.4, 0.5) is 10.1 Å². The molecule has 1 atom stereocenters. The molecule has 2 N–H and O–H groups in total. The predicted molar refractivity (Wildman–Crippen MR) is 60.7 cm³/mol. The van der Waals surface area contributed by atoms with Crippen molar-refractivity contribution in [3.8, 4) is 5.75 Å². The summed E-state index contributed by atoms with van der Waals surface area (Å²) >= 11 is 0. The summed E-state index contributed by atoms with van der Waals surface area (Å²) in [5.41, 5.74) is 0.0929. The number of aromatic hydroxyl groups is 1. The van der Waals surface area contributed by atoms with E-state index in [-0.39, 0.29) is 29.2 Å². The third kappa shape index (κ3) is 2.95. The molecule has 0 radical (unpaired) electrons. The molecule has 16 heavy (non-hydrogen) atoms. The molecular weight excluding hydrogens is 209 g/mol. The lowest BCUT2D eigenvalue weighted by molar-refractivity contribution is -0.120. The van der Waals surface area contributed by atoms with E-state index in [0.29, 0.717) is 0 Å². The van der Waals surface area contributed by atoms with Crippen LogP contribution in [0.15, 0.2) is 18.2 Å². The van der Waals surface area contributed by atoms with Crippen LogP contribution < -0.4 is 5.32 Å². The number of carbonyl (C=O) groups is 1. The second-order valence-electron chi connectivity index (χ2n) is 4.19. The molecule has 0 aliphatic carbocycles. The largest absolute Gasteiger partial charge is 0.508 e. The molecule has 0 aliphatic heterocycles. The zero-order chi connectivity index (χ0) is 12.3. The first-order valence-corrected chi connectivity index (χ1v) is 5.21. The van der Waals surface area contributed by atoms with Gasteiger partial charge >= 0.3 is 0 Å². The van der Waals surface area contributed by atoms with E-state index < -0.39 is 5.82 Å². The highest BCUT2D eigenvalue weighted by Gasteiger charge is 2.17. The van der Waals surface area contributed by atoms with Crippen LogP contribution in [0.5, 0.6) is 5.75 Å². The minimum Gasteiger partial charge on any atom is -0.508 e. The van der Waals surface area contributed by atoms with Crippen molar-refractivity contribution in [2.24, 2.45) is 11.8 Å². The van der Waals surface area contributed by atoms with Gasteiger partial charge in [-0.05, 0) is 18.1 Å². The topological polar surface area (TPSA) is 49.3 Å². The van der Waals surface area contributed by atoms with Gasteiger partial charge in [0.05, 0.1) is 5.69 Å². The fraction of sp³-hybridized carbons (Fsp3) is 0.417. The molecule has 0 saturated heterocycles. The monoisotopic (exact) mass is 225 g/mol. The molecule has 1 unspecified atom stereocenters. The summed E-state index contributed by atoms with van der Waals surface area (Å²) in [5, 5.41) is 11.5. The average molecular weight is 225 g/mol. The van der Waals surface area contributed by atoms with Crippen molar-refractivity contribution in [3.05, 3.63) is 24.0 Å². The van der Waals surface area contributed by atoms with Gasteiger partial charge in [0.2, 0.25) is 5.91 Å². The Balaban J connectivity index is 2.77. The van der Waals surface area contributed by atoms with Gasteiger partial charge in [0.1, 0.15) is 11.6 Å². The number of amides is 1. The lowest BCUT2D eigenvalue weighted by Crippen LogP contribution is -2.24. The molecule has 1 aromatic rings. The normalized spacial score (nSPS) is 12.6. The lowest BCUT2D eigenvalue weighted by atomic mass is 9.97. The molecule has 0 aliphatic rings. The highest BCUT2D eigenvalue weighted by molar-refractivity contribution is 5.92. The number of phenolic OH excluding ortho intramolecular Hbond substituents is 1. The number of benzene rings is 1. The van der Waals surface area contributed by atoms with E-state index in [1.807, 2.05) is 13.8 Å². The van der Waals surface area contributed by atoms with E-state index in [1.165, 1.54) is 12.1 Å². The third-order valence-corrected chi connectivity index (χ3v) is 2.62. The Hall–Kier alpha value is -1.58. The summed E-state index contributed by atoms with van der Waals surface area (Å²) in [6.07, 6.45) is 0. The van der Waals surface area contributed by atoms with Crippen molar-refractivity contribution in [1.82, 2.24) is 0 Å². The number of anilines is 1. The van der Waals surface area contributed by atoms with Crippen molar-refractivity contribution in [3.63, 3.8) is 0 Å². The second-order valence-corrected chi connectivity index (χ2v) is 4.19. The van der Waals surface area contributed by atoms with E-state index in [2.05, 4.69) is 5.32 Å². The quantitative estimate of drug-likeness (QED) is 0.777. The van der Waals surface area contributed by atoms with Crippen molar-refractivity contribution < 1.29 is 14.3 Å². The van der Waals surface area contributed by atoms with Gasteiger partial charge in [-0.3, -0.25) is 4.79 Å². The molecule has 1 amide bonds. The Kier molecular flexibility index (Phi) is 3.88. The zero-order valence-corrected chi connectivity index (χ0v) is 9.62. The van der Waals surface area contributed by atoms with Gasteiger partial charge < -0.3 is 10.4 Å². The molecule has 3 nitrogen and oxygen atoms in total. The van der Waals surface area contributed by atoms with Crippen LogP contribution in [0, 0.1) is 17.7 Å². The average Bonchev–Trinajstić information content (AvgIpc) is 2.20. The molecule has 0 spiro atoms. The third-order valence-electron chi connectivity index (χ3n) is 2.62. The van der Waals surface area contributed by atoms with Crippen LogP contribution in [-0.4, -0.2) is 11.0 Å². The Bertz CT molecular complexity index is 391. The van der Waals surface area contributed by atoms with E-state index in [1.54, 1.807) is 6.92 Å². The maximum absolute atomic E-state index is 13.3. The van der Waals surface area contributed by atoms with E-state index in [0.717, 1.165) is 6.07 Å². The van der Waals surface area contributed by atoms with Gasteiger partial charge in [-0.2, -0.15) is 0 Å². The number of nitrogens with one attached hydrogen (secondary N) is 1. The smallest absolute Gasteiger partial charge is 0.227 e. The summed E-state index contributed by atoms with van der Waals surface area (Å²) in [5.74, 6) is -1.01. The van der Waals surface area contributed by atoms with Crippen LogP contribution >= 0.6 is 0 Å². The molecule has 0 heterocycles. The Morgan fingerprint density at radius 1 is 1.38 bits per heavy atom. The summed E-state index contributed by atoms with van der Waals surface area (Å²) in [6, 6.07) is 3.64. The van der Waals surface area contributed by atoms with Crippen molar-refractivity contribution in [2.75, 3.05) is 5.32 Å². The summed E-state index contributed by atoms with van der Waals surface area (Å²) in [7, 11) is 0. The summed E-state index contributed by atoms with van der Waals surface area (Å²) < 4.78 is 13.3. The van der Waals surface area contributed by atoms with Crippen molar-refractivity contribution in [2.45, 2.75) is 20.8 Å². The minimum atomic E-state index is -0.635. The number of hydrogen-bond donors (Lipinski definition) is 2. The minimum absolute atomic E-state index is 0.0929. The number of phenols is 1. The summed E-state index contributed by atoms with van der Waals surface area (Å²) in [4.78, 5) is 11.7. The molecule has 1 rings (SSSR count). The first-order valence-electron chi connectivity index (χ1n) is 5.21. The Labute approximate surface area is 94.3 Å². The number of hydrogen-bond acceptors (Lipinski definition) is 2. The standard InChI is InChI=1S/C12H16FNO2/c1-7(2)8(3)12(16)14-11-5-4-9(15)6-10(11)13/h4-8,15H,1-3H3,(H,14,16). The summed E-state index contributed by atoms with van der Waals surface area (Å²) in [6.45, 7) is 5.65. The predicted octanol–water partition coefficient (Wildman–Crippen LogP) is 2.76. The fourth-order valence-corrected chi connectivity index (χ4v) is 1.15. The van der Waals surface area contributed by atoms with Gasteiger partial charge in [0.15, 0.2) is 0 Å². The number of carbonyl (C=O) groups excluding carboxylic acids is 1. The fourth-order valence-electron chi connectivity index (χ4n) is 1.15. The van der Waals surface area contributed by atoms with Crippen molar-refractivity contribution in [1.29, 1.82) is 0 Å². The van der Waals surface area contributed by atoms with Crippen LogP contribution in [0.1, 0.15) is 20.8 Å². The second kappa shape index (κ2) is 4.96. The van der Waals surface area contributed by atoms with Crippen LogP contribution in [0.25, 0.3) is 0 Å². The zero-order valence-electron chi connectivity index (χ0n) is 9.62. The van der Waals surface area contributed by atoms with Crippen molar-refractivity contribution >= 4 is 11.6 Å². The van der Waals surface area contributed by atoms with E-state index >= 15 is 0 Å². The molecular formula is C12H16FNO2. The number of rotatable bonds is 3. The lowest BCUT2D eigenvalue weighted by Gasteiger charge is -2.15. The SMILES string of the molecule is CC(C)C(C)C(=O)Nc1ccc(O)cc1F. The van der Waals surface area contributed by atoms with Gasteiger partial charge in [0, 0.05) is 12.0 Å². The molecule has 0 fully saturated rings. The van der Waals surface area contributed by atoms with Crippen LogP contribution in [0.2, 0.25) is 0 Å². The molecule has 4 heteroatoms. The first-order chi connectivity index (χ1) is 7.41. The molecule has 88 valence electrons. The maximum atomic E-state index is 13.3. The van der Waals surface area contributed by atoms with Gasteiger partial charge in [-0.1, -0.05) is 20.8 Å². The maximum Gasteiger partial charge on any atom is 0.227 e. The molecule has 1 aromatic carbocycles. The first kappa shape index (κ1) is 12.5. The number of halogens is 1. The van der Waals surface area contributed by atoms with E-state index in [4.69, 9.17) is 5.11 Å². The van der Waals surface area contributed by atoms with E-state index in [9.17, 15) is 9.18 Å². The highest BCUT2D eigenvalue weighted by atomic mass is 19.1. The molecule has 0 bridgehead atoms. The molecule has 0 aromatic heterocycles. The van der Waals surface area contributed by atoms with Gasteiger partial charge in [-0.25, -0.2) is 4.39 Å². The molecule has 0 saturated carbocycles.